The molecule has 1 aliphatic rings. The first-order valence-electron chi connectivity index (χ1n) is 9.25. The molecule has 148 valence electrons. The number of rotatable bonds is 5. The lowest BCUT2D eigenvalue weighted by atomic mass is 10.1. The molecule has 28 heavy (non-hydrogen) atoms. The van der Waals surface area contributed by atoms with E-state index in [-0.39, 0.29) is 11.8 Å². The highest BCUT2D eigenvalue weighted by atomic mass is 35.5. The third-order valence-corrected chi connectivity index (χ3v) is 5.72. The normalized spacial score (nSPS) is 15.9. The largest absolute Gasteiger partial charge is 0.341 e. The summed E-state index contributed by atoms with van der Waals surface area (Å²) < 4.78 is 0. The standard InChI is InChI=1S/C21H23Cl2N3O2/c1-15(24-20(27)16-6-3-2-4-7-16)21(28)26-12-10-25(11-13-26)14-17-8-5-9-18(22)19(17)23/h2-9,15H,10-14H2,1H3,(H,24,27). The number of piperazine rings is 1. The average molecular weight is 420 g/mol. The zero-order chi connectivity index (χ0) is 20.1. The fourth-order valence-corrected chi connectivity index (χ4v) is 3.62. The van der Waals surface area contributed by atoms with Crippen molar-refractivity contribution < 1.29 is 9.59 Å². The lowest BCUT2D eigenvalue weighted by Gasteiger charge is -2.36. The van der Waals surface area contributed by atoms with Crippen LogP contribution in [-0.4, -0.2) is 53.8 Å². The lowest BCUT2D eigenvalue weighted by molar-refractivity contribution is -0.134. The van der Waals surface area contributed by atoms with E-state index < -0.39 is 6.04 Å². The molecule has 0 aromatic heterocycles. The Morgan fingerprint density at radius 3 is 2.36 bits per heavy atom. The number of benzene rings is 2. The molecular formula is C21H23Cl2N3O2. The van der Waals surface area contributed by atoms with Gasteiger partial charge in [-0.15, -0.1) is 0 Å². The molecule has 1 aliphatic heterocycles. The van der Waals surface area contributed by atoms with Gasteiger partial charge >= 0.3 is 0 Å². The van der Waals surface area contributed by atoms with Crippen molar-refractivity contribution in [2.75, 3.05) is 26.2 Å². The second-order valence-electron chi connectivity index (χ2n) is 6.88. The smallest absolute Gasteiger partial charge is 0.251 e. The van der Waals surface area contributed by atoms with E-state index in [1.807, 2.05) is 18.2 Å². The molecule has 2 aromatic carbocycles. The Morgan fingerprint density at radius 2 is 1.68 bits per heavy atom. The van der Waals surface area contributed by atoms with Crippen LogP contribution >= 0.6 is 23.2 Å². The van der Waals surface area contributed by atoms with Crippen LogP contribution in [0, 0.1) is 0 Å². The van der Waals surface area contributed by atoms with Crippen LogP contribution in [0.1, 0.15) is 22.8 Å². The predicted octanol–water partition coefficient (Wildman–Crippen LogP) is 3.46. The second-order valence-corrected chi connectivity index (χ2v) is 7.66. The number of carbonyl (C=O) groups is 2. The summed E-state index contributed by atoms with van der Waals surface area (Å²) in [4.78, 5) is 29.0. The minimum absolute atomic E-state index is 0.0651. The second kappa shape index (κ2) is 9.41. The number of nitrogens with one attached hydrogen (secondary N) is 1. The van der Waals surface area contributed by atoms with Crippen LogP contribution < -0.4 is 5.32 Å². The van der Waals surface area contributed by atoms with E-state index in [0.717, 1.165) is 18.7 Å². The van der Waals surface area contributed by atoms with E-state index in [9.17, 15) is 9.59 Å². The molecule has 7 heteroatoms. The van der Waals surface area contributed by atoms with Gasteiger partial charge in [-0.3, -0.25) is 14.5 Å². The Labute approximate surface area is 175 Å². The molecule has 0 saturated carbocycles. The quantitative estimate of drug-likeness (QED) is 0.806. The van der Waals surface area contributed by atoms with Gasteiger partial charge in [-0.05, 0) is 30.7 Å². The SMILES string of the molecule is CC(NC(=O)c1ccccc1)C(=O)N1CCN(Cc2cccc(Cl)c2Cl)CC1. The van der Waals surface area contributed by atoms with E-state index >= 15 is 0 Å². The summed E-state index contributed by atoms with van der Waals surface area (Å²) in [6, 6.07) is 14.0. The van der Waals surface area contributed by atoms with Crippen molar-refractivity contribution in [1.29, 1.82) is 0 Å². The zero-order valence-electron chi connectivity index (χ0n) is 15.7. The summed E-state index contributed by atoms with van der Waals surface area (Å²) in [6.45, 7) is 5.13. The molecule has 2 aromatic rings. The number of hydrogen-bond acceptors (Lipinski definition) is 3. The first-order valence-corrected chi connectivity index (χ1v) is 10.0. The minimum Gasteiger partial charge on any atom is -0.341 e. The van der Waals surface area contributed by atoms with E-state index in [1.165, 1.54) is 0 Å². The molecule has 5 nitrogen and oxygen atoms in total. The van der Waals surface area contributed by atoms with Gasteiger partial charge in [-0.1, -0.05) is 53.5 Å². The third-order valence-electron chi connectivity index (χ3n) is 4.86. The van der Waals surface area contributed by atoms with Gasteiger partial charge in [0.1, 0.15) is 6.04 Å². The van der Waals surface area contributed by atoms with Gasteiger partial charge in [0.2, 0.25) is 5.91 Å². The summed E-state index contributed by atoms with van der Waals surface area (Å²) >= 11 is 12.3. The molecule has 1 heterocycles. The Kier molecular flexibility index (Phi) is 6.94. The van der Waals surface area contributed by atoms with Crippen LogP contribution in [0.2, 0.25) is 10.0 Å². The minimum atomic E-state index is -0.568. The Morgan fingerprint density at radius 1 is 1.00 bits per heavy atom. The number of hydrogen-bond donors (Lipinski definition) is 1. The van der Waals surface area contributed by atoms with Crippen molar-refractivity contribution in [3.8, 4) is 0 Å². The fraction of sp³-hybridized carbons (Fsp3) is 0.333. The number of nitrogens with zero attached hydrogens (tertiary/aromatic N) is 2. The van der Waals surface area contributed by atoms with Crippen molar-refractivity contribution in [2.45, 2.75) is 19.5 Å². The molecule has 1 atom stereocenters. The maximum absolute atomic E-state index is 12.7. The topological polar surface area (TPSA) is 52.7 Å². The van der Waals surface area contributed by atoms with E-state index in [4.69, 9.17) is 23.2 Å². The molecule has 2 amide bonds. The summed E-state index contributed by atoms with van der Waals surface area (Å²) in [6.07, 6.45) is 0. The van der Waals surface area contributed by atoms with E-state index in [1.54, 1.807) is 42.2 Å². The molecule has 1 unspecified atom stereocenters. The van der Waals surface area contributed by atoms with Gasteiger partial charge in [-0.25, -0.2) is 0 Å². The highest BCUT2D eigenvalue weighted by Gasteiger charge is 2.26. The molecule has 0 bridgehead atoms. The van der Waals surface area contributed by atoms with Crippen LogP contribution in [0.4, 0.5) is 0 Å². The van der Waals surface area contributed by atoms with Gasteiger partial charge in [0.25, 0.3) is 5.91 Å². The van der Waals surface area contributed by atoms with Crippen LogP contribution in [0.5, 0.6) is 0 Å². The molecule has 0 radical (unpaired) electrons. The number of amides is 2. The van der Waals surface area contributed by atoms with E-state index in [2.05, 4.69) is 10.2 Å². The zero-order valence-corrected chi connectivity index (χ0v) is 17.2. The van der Waals surface area contributed by atoms with Crippen molar-refractivity contribution >= 4 is 35.0 Å². The fourth-order valence-electron chi connectivity index (χ4n) is 3.24. The summed E-state index contributed by atoms with van der Waals surface area (Å²) in [5.74, 6) is -0.305. The Hall–Kier alpha value is -2.08. The predicted molar refractivity (Wildman–Crippen MR) is 112 cm³/mol. The van der Waals surface area contributed by atoms with Crippen LogP contribution in [0.25, 0.3) is 0 Å². The Balaban J connectivity index is 1.50. The van der Waals surface area contributed by atoms with Crippen LogP contribution in [-0.2, 0) is 11.3 Å². The first-order chi connectivity index (χ1) is 13.5. The molecule has 1 fully saturated rings. The van der Waals surface area contributed by atoms with Crippen molar-refractivity contribution in [2.24, 2.45) is 0 Å². The number of halogens is 2. The average Bonchev–Trinajstić information content (AvgIpc) is 2.72. The molecule has 1 saturated heterocycles. The highest BCUT2D eigenvalue weighted by Crippen LogP contribution is 2.26. The lowest BCUT2D eigenvalue weighted by Crippen LogP contribution is -2.53. The maximum Gasteiger partial charge on any atom is 0.251 e. The van der Waals surface area contributed by atoms with Gasteiger partial charge in [0.05, 0.1) is 10.0 Å². The van der Waals surface area contributed by atoms with Gasteiger partial charge in [-0.2, -0.15) is 0 Å². The van der Waals surface area contributed by atoms with Crippen LogP contribution in [0.3, 0.4) is 0 Å². The summed E-state index contributed by atoms with van der Waals surface area (Å²) in [7, 11) is 0. The molecule has 0 aliphatic carbocycles. The summed E-state index contributed by atoms with van der Waals surface area (Å²) in [5.41, 5.74) is 1.53. The molecule has 0 spiro atoms. The molecule has 3 rings (SSSR count). The van der Waals surface area contributed by atoms with Crippen molar-refractivity contribution in [1.82, 2.24) is 15.1 Å². The molecular weight excluding hydrogens is 397 g/mol. The highest BCUT2D eigenvalue weighted by molar-refractivity contribution is 6.42. The van der Waals surface area contributed by atoms with E-state index in [0.29, 0.717) is 35.2 Å². The monoisotopic (exact) mass is 419 g/mol. The van der Waals surface area contributed by atoms with Crippen molar-refractivity contribution in [3.63, 3.8) is 0 Å². The summed E-state index contributed by atoms with van der Waals surface area (Å²) in [5, 5.41) is 3.92. The Bertz CT molecular complexity index is 837. The molecule has 1 N–H and O–H groups in total. The van der Waals surface area contributed by atoms with Crippen molar-refractivity contribution in [3.05, 3.63) is 69.7 Å². The number of carbonyl (C=O) groups excluding carboxylic acids is 2. The van der Waals surface area contributed by atoms with Crippen LogP contribution in [0.15, 0.2) is 48.5 Å². The third kappa shape index (κ3) is 5.04. The van der Waals surface area contributed by atoms with Gasteiger partial charge in [0.15, 0.2) is 0 Å². The first kappa shape index (κ1) is 20.6. The maximum atomic E-state index is 12.7. The van der Waals surface area contributed by atoms with Gasteiger partial charge < -0.3 is 10.2 Å². The van der Waals surface area contributed by atoms with Gasteiger partial charge in [0, 0.05) is 38.3 Å².